The number of hydrogen-bond donors (Lipinski definition) is 4. The van der Waals surface area contributed by atoms with Crippen molar-refractivity contribution in [2.75, 3.05) is 5.32 Å². The Labute approximate surface area is 173 Å². The van der Waals surface area contributed by atoms with Crippen molar-refractivity contribution >= 4 is 45.5 Å². The molecule has 3 atom stereocenters. The highest BCUT2D eigenvalue weighted by atomic mass is 127. The summed E-state index contributed by atoms with van der Waals surface area (Å²) in [5.41, 5.74) is 4.25. The van der Waals surface area contributed by atoms with E-state index in [2.05, 4.69) is 48.9 Å². The Morgan fingerprint density at radius 1 is 1.39 bits per heavy atom. The van der Waals surface area contributed by atoms with Gasteiger partial charge in [-0.1, -0.05) is 12.1 Å². The van der Waals surface area contributed by atoms with Crippen molar-refractivity contribution in [2.45, 2.75) is 31.4 Å². The fraction of sp³-hybridized carbons (Fsp3) is 0.294. The minimum Gasteiger partial charge on any atom is -0.390 e. The zero-order chi connectivity index (χ0) is 19.7. The maximum Gasteiger partial charge on any atom is 0.265 e. The number of imidazole rings is 1. The molecule has 1 fully saturated rings. The molecular formula is C17H18IN7O3. The number of amides is 1. The molecule has 1 aliphatic rings. The highest BCUT2D eigenvalue weighted by Crippen LogP contribution is 2.31. The highest BCUT2D eigenvalue weighted by Gasteiger charge is 2.40. The predicted octanol–water partition coefficient (Wildman–Crippen LogP) is 0.681. The summed E-state index contributed by atoms with van der Waals surface area (Å²) in [5, 5.41) is 13.4. The van der Waals surface area contributed by atoms with E-state index in [1.807, 2.05) is 23.6 Å². The number of nitrogens with zero attached hydrogens (tertiary/aromatic N) is 4. The number of nitrogens with two attached hydrogens (primary N) is 1. The van der Waals surface area contributed by atoms with Crippen LogP contribution in [0.2, 0.25) is 0 Å². The molecule has 0 unspecified atom stereocenters. The van der Waals surface area contributed by atoms with Crippen LogP contribution >= 0.6 is 22.6 Å². The number of aliphatic hydroxyl groups is 1. The number of rotatable bonds is 5. The molecule has 5 N–H and O–H groups in total. The van der Waals surface area contributed by atoms with Crippen molar-refractivity contribution in [1.82, 2.24) is 24.9 Å². The molecule has 1 aliphatic heterocycles. The summed E-state index contributed by atoms with van der Waals surface area (Å²) in [6.07, 6.45) is 0.640. The Kier molecular flexibility index (Phi) is 5.39. The molecule has 0 bridgehead atoms. The average molecular weight is 495 g/mol. The molecule has 4 rings (SSSR count). The number of halogens is 1. The van der Waals surface area contributed by atoms with Crippen LogP contribution in [0.3, 0.4) is 0 Å². The molecule has 1 aromatic carbocycles. The van der Waals surface area contributed by atoms with E-state index in [1.54, 1.807) is 10.9 Å². The molecule has 28 heavy (non-hydrogen) atoms. The van der Waals surface area contributed by atoms with Crippen LogP contribution in [0.5, 0.6) is 0 Å². The van der Waals surface area contributed by atoms with Gasteiger partial charge in [-0.05, 0) is 40.3 Å². The summed E-state index contributed by atoms with van der Waals surface area (Å²) in [6, 6.07) is 8.14. The standard InChI is InChI=1S/C17H18IN7O3/c18-10-3-1-2-9(4-10)6-20-15-13-16(22-7-21-15)25(8-23-13)12-5-11(26)14(28-12)17(27)24-19/h1-4,7-8,11-12,14,26H,5-6,19H2,(H,24,27)(H,20,21,22)/t11-,12+,14-/m0/s1. The molecule has 1 amide bonds. The first kappa shape index (κ1) is 19.0. The first-order valence-corrected chi connectivity index (χ1v) is 9.64. The molecule has 11 heteroatoms. The Morgan fingerprint density at radius 2 is 2.25 bits per heavy atom. The first-order chi connectivity index (χ1) is 13.6. The van der Waals surface area contributed by atoms with Crippen molar-refractivity contribution in [3.63, 3.8) is 0 Å². The quantitative estimate of drug-likeness (QED) is 0.175. The number of ether oxygens (including phenoxy) is 1. The lowest BCUT2D eigenvalue weighted by Gasteiger charge is -2.14. The van der Waals surface area contributed by atoms with Gasteiger partial charge >= 0.3 is 0 Å². The number of aromatic nitrogens is 4. The number of benzene rings is 1. The van der Waals surface area contributed by atoms with E-state index in [-0.39, 0.29) is 6.42 Å². The van der Waals surface area contributed by atoms with Gasteiger partial charge in [0.1, 0.15) is 12.6 Å². The van der Waals surface area contributed by atoms with E-state index >= 15 is 0 Å². The second kappa shape index (κ2) is 7.95. The second-order valence-electron chi connectivity index (χ2n) is 6.35. The third kappa shape index (κ3) is 3.65. The third-order valence-electron chi connectivity index (χ3n) is 4.51. The van der Waals surface area contributed by atoms with E-state index in [4.69, 9.17) is 10.6 Å². The molecule has 0 saturated carbocycles. The Balaban J connectivity index is 1.56. The number of nitrogens with one attached hydrogen (secondary N) is 2. The highest BCUT2D eigenvalue weighted by molar-refractivity contribution is 14.1. The van der Waals surface area contributed by atoms with Crippen LogP contribution in [-0.4, -0.2) is 42.7 Å². The van der Waals surface area contributed by atoms with Crippen molar-refractivity contribution in [2.24, 2.45) is 5.84 Å². The van der Waals surface area contributed by atoms with Crippen LogP contribution in [0.15, 0.2) is 36.9 Å². The van der Waals surface area contributed by atoms with Crippen LogP contribution < -0.4 is 16.6 Å². The zero-order valence-electron chi connectivity index (χ0n) is 14.6. The Morgan fingerprint density at radius 3 is 3.04 bits per heavy atom. The van der Waals surface area contributed by atoms with Crippen molar-refractivity contribution < 1.29 is 14.6 Å². The van der Waals surface area contributed by atoms with Crippen LogP contribution in [0.4, 0.5) is 5.82 Å². The number of carbonyl (C=O) groups is 1. The summed E-state index contributed by atoms with van der Waals surface area (Å²) >= 11 is 2.27. The fourth-order valence-corrected chi connectivity index (χ4v) is 3.78. The average Bonchev–Trinajstić information content (AvgIpc) is 3.29. The Hall–Kier alpha value is -2.35. The molecule has 10 nitrogen and oxygen atoms in total. The zero-order valence-corrected chi connectivity index (χ0v) is 16.8. The van der Waals surface area contributed by atoms with Gasteiger partial charge in [0.05, 0.1) is 12.4 Å². The van der Waals surface area contributed by atoms with Crippen LogP contribution in [0.1, 0.15) is 18.2 Å². The Bertz CT molecular complexity index is 1010. The number of hydrazine groups is 1. The SMILES string of the molecule is NNC(=O)[C@H]1O[C@@H](n2cnc3c(NCc4cccc(I)c4)ncnc32)C[C@@H]1O. The van der Waals surface area contributed by atoms with Crippen LogP contribution in [-0.2, 0) is 16.1 Å². The van der Waals surface area contributed by atoms with Crippen molar-refractivity contribution in [3.05, 3.63) is 46.1 Å². The molecule has 0 aliphatic carbocycles. The predicted molar refractivity (Wildman–Crippen MR) is 109 cm³/mol. The third-order valence-corrected chi connectivity index (χ3v) is 5.19. The van der Waals surface area contributed by atoms with E-state index < -0.39 is 24.3 Å². The summed E-state index contributed by atoms with van der Waals surface area (Å²) in [6.45, 7) is 0.590. The number of hydrogen-bond acceptors (Lipinski definition) is 8. The van der Waals surface area contributed by atoms with Gasteiger partial charge in [-0.2, -0.15) is 0 Å². The lowest BCUT2D eigenvalue weighted by atomic mass is 10.2. The molecule has 3 heterocycles. The van der Waals surface area contributed by atoms with Gasteiger partial charge in [-0.3, -0.25) is 14.8 Å². The second-order valence-corrected chi connectivity index (χ2v) is 7.60. The topological polar surface area (TPSA) is 140 Å². The van der Waals surface area contributed by atoms with Gasteiger partial charge in [-0.15, -0.1) is 0 Å². The van der Waals surface area contributed by atoms with E-state index in [0.29, 0.717) is 23.5 Å². The molecule has 1 saturated heterocycles. The smallest absolute Gasteiger partial charge is 0.265 e. The maximum atomic E-state index is 11.7. The van der Waals surface area contributed by atoms with Crippen LogP contribution in [0.25, 0.3) is 11.2 Å². The van der Waals surface area contributed by atoms with Gasteiger partial charge in [-0.25, -0.2) is 20.8 Å². The van der Waals surface area contributed by atoms with Gasteiger partial charge < -0.3 is 15.2 Å². The normalized spacial score (nSPS) is 21.8. The molecular weight excluding hydrogens is 477 g/mol. The van der Waals surface area contributed by atoms with Crippen molar-refractivity contribution in [3.8, 4) is 0 Å². The monoisotopic (exact) mass is 495 g/mol. The van der Waals surface area contributed by atoms with E-state index in [1.165, 1.54) is 6.33 Å². The van der Waals surface area contributed by atoms with Gasteiger partial charge in [0.25, 0.3) is 5.91 Å². The summed E-state index contributed by atoms with van der Waals surface area (Å²) < 4.78 is 8.50. The maximum absolute atomic E-state index is 11.7. The molecule has 0 spiro atoms. The van der Waals surface area contributed by atoms with Gasteiger partial charge in [0.2, 0.25) is 0 Å². The lowest BCUT2D eigenvalue weighted by Crippen LogP contribution is -2.43. The van der Waals surface area contributed by atoms with Crippen LogP contribution in [0, 0.1) is 3.57 Å². The number of aliphatic hydroxyl groups excluding tert-OH is 1. The number of fused-ring (bicyclic) bond motifs is 1. The summed E-state index contributed by atoms with van der Waals surface area (Å²) in [4.78, 5) is 24.7. The minimum absolute atomic E-state index is 0.221. The minimum atomic E-state index is -1.03. The molecule has 3 aromatic rings. The van der Waals surface area contributed by atoms with Crippen molar-refractivity contribution in [1.29, 1.82) is 0 Å². The molecule has 2 aromatic heterocycles. The lowest BCUT2D eigenvalue weighted by molar-refractivity contribution is -0.137. The van der Waals surface area contributed by atoms with E-state index in [0.717, 1.165) is 9.13 Å². The first-order valence-electron chi connectivity index (χ1n) is 8.56. The van der Waals surface area contributed by atoms with Gasteiger partial charge in [0, 0.05) is 16.5 Å². The largest absolute Gasteiger partial charge is 0.390 e. The number of carbonyl (C=O) groups excluding carboxylic acids is 1. The summed E-state index contributed by atoms with van der Waals surface area (Å²) in [7, 11) is 0. The number of anilines is 1. The molecule has 146 valence electrons. The molecule has 0 radical (unpaired) electrons. The fourth-order valence-electron chi connectivity index (χ4n) is 3.17. The van der Waals surface area contributed by atoms with Gasteiger partial charge in [0.15, 0.2) is 23.1 Å². The van der Waals surface area contributed by atoms with E-state index in [9.17, 15) is 9.90 Å². The summed E-state index contributed by atoms with van der Waals surface area (Å²) in [5.74, 6) is 5.16.